The number of carbonyl (C=O) groups is 1. The van der Waals surface area contributed by atoms with E-state index in [1.165, 1.54) is 11.0 Å². The molecule has 8 heteroatoms. The van der Waals surface area contributed by atoms with Gasteiger partial charge in [-0.25, -0.2) is 0 Å². The van der Waals surface area contributed by atoms with Crippen LogP contribution in [0.15, 0.2) is 48.5 Å². The number of rotatable bonds is 3. The summed E-state index contributed by atoms with van der Waals surface area (Å²) in [7, 11) is 0. The fraction of sp³-hybridized carbons (Fsp3) is 0.348. The van der Waals surface area contributed by atoms with Gasteiger partial charge in [-0.1, -0.05) is 42.5 Å². The number of carbonyl (C=O) groups excluding carboxylic acids is 1. The molecule has 0 radical (unpaired) electrons. The first kappa shape index (κ1) is 24.3. The minimum Gasteiger partial charge on any atom is -0.312 e. The number of amides is 1. The van der Waals surface area contributed by atoms with Crippen LogP contribution in [0, 0.1) is 12.8 Å². The second-order valence-corrected chi connectivity index (χ2v) is 7.07. The Kier molecular flexibility index (Phi) is 7.77. The number of fused-ring (bicyclic) bond motifs is 1. The van der Waals surface area contributed by atoms with Crippen molar-refractivity contribution in [2.45, 2.75) is 44.0 Å². The lowest BCUT2D eigenvalue weighted by Crippen LogP contribution is -2.35. The largest absolute Gasteiger partial charge is 0.404 e. The summed E-state index contributed by atoms with van der Waals surface area (Å²) in [5, 5.41) is 0. The molecule has 0 saturated heterocycles. The standard InChI is InChI=1S/C21H19F6NO.C2H2/c22-20(23,24)19(21(25,26)27)16-9-10-17-15(13-16)8-4-5-11-28(17)18(29)12-14-6-2-1-3-7-14;1-2/h1-3,6-7,9-10,13,19H,4-5,8,11-12H2;1-2H. The number of hydrogen-bond donors (Lipinski definition) is 0. The molecule has 0 saturated carbocycles. The zero-order valence-corrected chi connectivity index (χ0v) is 16.5. The topological polar surface area (TPSA) is 20.3 Å². The monoisotopic (exact) mass is 441 g/mol. The molecular formula is C23H21F6NO. The molecule has 2 nitrogen and oxygen atoms in total. The number of halogens is 6. The molecule has 0 unspecified atom stereocenters. The van der Waals surface area contributed by atoms with Crippen LogP contribution in [-0.2, 0) is 17.6 Å². The third kappa shape index (κ3) is 6.03. The first-order valence-electron chi connectivity index (χ1n) is 9.51. The third-order valence-corrected chi connectivity index (χ3v) is 4.96. The Morgan fingerprint density at radius 1 is 0.935 bits per heavy atom. The Morgan fingerprint density at radius 2 is 1.55 bits per heavy atom. The van der Waals surface area contributed by atoms with Crippen molar-refractivity contribution in [1.29, 1.82) is 0 Å². The van der Waals surface area contributed by atoms with Crippen molar-refractivity contribution in [3.8, 4) is 12.8 Å². The first-order valence-corrected chi connectivity index (χ1v) is 9.51. The van der Waals surface area contributed by atoms with Gasteiger partial charge in [0.25, 0.3) is 0 Å². The van der Waals surface area contributed by atoms with Gasteiger partial charge in [0.2, 0.25) is 5.91 Å². The summed E-state index contributed by atoms with van der Waals surface area (Å²) in [5.74, 6) is -3.78. The number of aryl methyl sites for hydroxylation is 1. The summed E-state index contributed by atoms with van der Waals surface area (Å²) < 4.78 is 78.5. The predicted octanol–water partition coefficient (Wildman–Crippen LogP) is 6.06. The molecule has 2 aromatic rings. The van der Waals surface area contributed by atoms with Crippen molar-refractivity contribution in [3.05, 3.63) is 65.2 Å². The molecule has 0 aliphatic carbocycles. The molecule has 1 aliphatic heterocycles. The fourth-order valence-corrected chi connectivity index (χ4v) is 3.64. The van der Waals surface area contributed by atoms with Crippen LogP contribution in [0.25, 0.3) is 0 Å². The molecule has 166 valence electrons. The average Bonchev–Trinajstić information content (AvgIpc) is 2.90. The Balaban J connectivity index is 0.00000166. The van der Waals surface area contributed by atoms with E-state index in [1.54, 1.807) is 24.3 Å². The highest BCUT2D eigenvalue weighted by Crippen LogP contribution is 2.47. The molecule has 0 bridgehead atoms. The lowest BCUT2D eigenvalue weighted by Gasteiger charge is -2.26. The zero-order chi connectivity index (χ0) is 23.2. The van der Waals surface area contributed by atoms with Crippen molar-refractivity contribution >= 4 is 11.6 Å². The van der Waals surface area contributed by atoms with Crippen LogP contribution in [0.3, 0.4) is 0 Å². The highest BCUT2D eigenvalue weighted by Gasteiger charge is 2.57. The van der Waals surface area contributed by atoms with Gasteiger partial charge in [0, 0.05) is 12.2 Å². The lowest BCUT2D eigenvalue weighted by molar-refractivity contribution is -0.253. The Hall–Kier alpha value is -2.95. The Labute approximate surface area is 176 Å². The van der Waals surface area contributed by atoms with Gasteiger partial charge in [0.05, 0.1) is 6.42 Å². The van der Waals surface area contributed by atoms with Crippen LogP contribution in [0.1, 0.15) is 35.4 Å². The molecule has 2 aromatic carbocycles. The number of alkyl halides is 6. The summed E-state index contributed by atoms with van der Waals surface area (Å²) in [6, 6.07) is 12.0. The van der Waals surface area contributed by atoms with E-state index in [4.69, 9.17) is 0 Å². The summed E-state index contributed by atoms with van der Waals surface area (Å²) >= 11 is 0. The van der Waals surface area contributed by atoms with Crippen LogP contribution >= 0.6 is 0 Å². The van der Waals surface area contributed by atoms with Gasteiger partial charge in [-0.2, -0.15) is 26.3 Å². The van der Waals surface area contributed by atoms with Crippen LogP contribution < -0.4 is 4.90 Å². The fourth-order valence-electron chi connectivity index (χ4n) is 3.64. The summed E-state index contributed by atoms with van der Waals surface area (Å²) in [6.07, 6.45) is -1.27. The van der Waals surface area contributed by atoms with E-state index in [2.05, 4.69) is 12.8 Å². The number of hydrogen-bond acceptors (Lipinski definition) is 1. The van der Waals surface area contributed by atoms with Crippen molar-refractivity contribution < 1.29 is 31.1 Å². The maximum absolute atomic E-state index is 13.1. The van der Waals surface area contributed by atoms with Crippen LogP contribution in [0.5, 0.6) is 0 Å². The maximum atomic E-state index is 13.1. The van der Waals surface area contributed by atoms with Gasteiger partial charge in [-0.3, -0.25) is 4.79 Å². The number of benzene rings is 2. The van der Waals surface area contributed by atoms with E-state index < -0.39 is 23.8 Å². The Morgan fingerprint density at radius 3 is 2.13 bits per heavy atom. The van der Waals surface area contributed by atoms with E-state index >= 15 is 0 Å². The van der Waals surface area contributed by atoms with Gasteiger partial charge in [-0.15, -0.1) is 12.8 Å². The van der Waals surface area contributed by atoms with E-state index in [1.807, 2.05) is 6.07 Å². The summed E-state index contributed by atoms with van der Waals surface area (Å²) in [4.78, 5) is 14.3. The van der Waals surface area contributed by atoms with Gasteiger partial charge >= 0.3 is 12.4 Å². The number of terminal acetylenes is 1. The minimum absolute atomic E-state index is 0.107. The molecular weight excluding hydrogens is 420 g/mol. The van der Waals surface area contributed by atoms with Crippen LogP contribution in [0.4, 0.5) is 32.0 Å². The van der Waals surface area contributed by atoms with Gasteiger partial charge in [0.15, 0.2) is 5.92 Å². The average molecular weight is 441 g/mol. The normalized spacial score (nSPS) is 14.3. The lowest BCUT2D eigenvalue weighted by atomic mass is 9.94. The van der Waals surface area contributed by atoms with E-state index in [0.717, 1.165) is 17.7 Å². The predicted molar refractivity (Wildman–Crippen MR) is 107 cm³/mol. The highest BCUT2D eigenvalue weighted by atomic mass is 19.4. The molecule has 0 aromatic heterocycles. The molecule has 1 heterocycles. The molecule has 0 spiro atoms. The van der Waals surface area contributed by atoms with Crippen molar-refractivity contribution in [2.24, 2.45) is 0 Å². The number of anilines is 1. The second-order valence-electron chi connectivity index (χ2n) is 7.07. The van der Waals surface area contributed by atoms with E-state index in [0.29, 0.717) is 37.1 Å². The molecule has 1 aliphatic rings. The maximum Gasteiger partial charge on any atom is 0.404 e. The molecule has 3 rings (SSSR count). The minimum atomic E-state index is -5.44. The van der Waals surface area contributed by atoms with Gasteiger partial charge in [0.1, 0.15) is 0 Å². The zero-order valence-electron chi connectivity index (χ0n) is 16.5. The van der Waals surface area contributed by atoms with Crippen molar-refractivity contribution in [2.75, 3.05) is 11.4 Å². The van der Waals surface area contributed by atoms with Crippen LogP contribution in [0.2, 0.25) is 0 Å². The first-order chi connectivity index (χ1) is 14.6. The van der Waals surface area contributed by atoms with Crippen LogP contribution in [-0.4, -0.2) is 24.8 Å². The quantitative estimate of drug-likeness (QED) is 0.419. The molecule has 0 N–H and O–H groups in total. The highest BCUT2D eigenvalue weighted by molar-refractivity contribution is 5.95. The third-order valence-electron chi connectivity index (χ3n) is 4.96. The van der Waals surface area contributed by atoms with Gasteiger partial charge in [-0.05, 0) is 42.0 Å². The summed E-state index contributed by atoms with van der Waals surface area (Å²) in [6.45, 7) is 0.375. The molecule has 1 amide bonds. The van der Waals surface area contributed by atoms with Gasteiger partial charge < -0.3 is 4.90 Å². The Bertz CT molecular complexity index is 888. The van der Waals surface area contributed by atoms with E-state index in [9.17, 15) is 31.1 Å². The molecule has 31 heavy (non-hydrogen) atoms. The SMILES string of the molecule is C#C.O=C(Cc1ccccc1)N1CCCCc2cc(C(C(F)(F)F)C(F)(F)F)ccc21. The van der Waals surface area contributed by atoms with E-state index in [-0.39, 0.29) is 12.3 Å². The molecule has 0 fully saturated rings. The van der Waals surface area contributed by atoms with Crippen molar-refractivity contribution in [3.63, 3.8) is 0 Å². The van der Waals surface area contributed by atoms with Crippen molar-refractivity contribution in [1.82, 2.24) is 0 Å². The molecule has 0 atom stereocenters. The summed E-state index contributed by atoms with van der Waals surface area (Å²) in [5.41, 5.74) is 0.658. The smallest absolute Gasteiger partial charge is 0.312 e. The second kappa shape index (κ2) is 9.90. The number of nitrogens with zero attached hydrogens (tertiary/aromatic N) is 1.